The molecule has 0 bridgehead atoms. The van der Waals surface area contributed by atoms with Gasteiger partial charge in [-0.3, -0.25) is 9.99 Å². The summed E-state index contributed by atoms with van der Waals surface area (Å²) < 4.78 is 0. The third kappa shape index (κ3) is 5.56. The van der Waals surface area contributed by atoms with Crippen molar-refractivity contribution in [2.45, 2.75) is 52.1 Å². The van der Waals surface area contributed by atoms with Crippen LogP contribution in [-0.2, 0) is 0 Å². The predicted molar refractivity (Wildman–Crippen MR) is 167 cm³/mol. The molecule has 2 aliphatic rings. The number of fused-ring (bicyclic) bond motifs is 1. The average molecular weight is 580 g/mol. The highest BCUT2D eigenvalue weighted by atomic mass is 35.5. The molecule has 6 rings (SSSR count). The molecule has 1 saturated carbocycles. The fraction of sp³-hybridized carbons (Fsp3) is 0.312. The van der Waals surface area contributed by atoms with Crippen molar-refractivity contribution in [3.05, 3.63) is 89.4 Å². The van der Waals surface area contributed by atoms with Crippen LogP contribution in [-0.4, -0.2) is 32.0 Å². The Kier molecular flexibility index (Phi) is 7.13. The summed E-state index contributed by atoms with van der Waals surface area (Å²) in [4.78, 5) is 13.3. The molecule has 2 aromatic heterocycles. The van der Waals surface area contributed by atoms with Gasteiger partial charge in [0, 0.05) is 58.6 Å². The van der Waals surface area contributed by atoms with E-state index < -0.39 is 0 Å². The first-order valence-electron chi connectivity index (χ1n) is 14.0. The zero-order valence-electron chi connectivity index (χ0n) is 24.2. The van der Waals surface area contributed by atoms with Gasteiger partial charge < -0.3 is 16.1 Å². The van der Waals surface area contributed by atoms with Gasteiger partial charge in [-0.1, -0.05) is 50.6 Å². The summed E-state index contributed by atoms with van der Waals surface area (Å²) in [5, 5.41) is 20.9. The summed E-state index contributed by atoms with van der Waals surface area (Å²) in [6.07, 6.45) is 11.1. The Hall–Kier alpha value is -4.39. The van der Waals surface area contributed by atoms with E-state index in [2.05, 4.69) is 82.6 Å². The van der Waals surface area contributed by atoms with Gasteiger partial charge >= 0.3 is 0 Å². The van der Waals surface area contributed by atoms with E-state index in [1.54, 1.807) is 18.6 Å². The lowest BCUT2D eigenvalue weighted by molar-refractivity contribution is 0.190. The van der Waals surface area contributed by atoms with Crippen molar-refractivity contribution in [2.24, 2.45) is 5.41 Å². The van der Waals surface area contributed by atoms with Gasteiger partial charge in [-0.25, -0.2) is 9.97 Å². The van der Waals surface area contributed by atoms with E-state index in [4.69, 9.17) is 16.6 Å². The molecule has 9 nitrogen and oxygen atoms in total. The van der Waals surface area contributed by atoms with Crippen molar-refractivity contribution in [2.75, 3.05) is 17.2 Å². The van der Waals surface area contributed by atoms with E-state index >= 15 is 0 Å². The first-order chi connectivity index (χ1) is 20.1. The van der Waals surface area contributed by atoms with Gasteiger partial charge in [0.05, 0.1) is 34.0 Å². The maximum absolute atomic E-state index is 10.0. The minimum absolute atomic E-state index is 0.00111. The molecule has 4 aromatic rings. The van der Waals surface area contributed by atoms with Crippen molar-refractivity contribution in [3.63, 3.8) is 0 Å². The molecular formula is C32H34ClN9. The molecule has 2 aromatic carbocycles. The van der Waals surface area contributed by atoms with Crippen molar-refractivity contribution < 1.29 is 0 Å². The van der Waals surface area contributed by atoms with Gasteiger partial charge in [-0.2, -0.15) is 5.26 Å². The Morgan fingerprint density at radius 1 is 1.14 bits per heavy atom. The molecule has 1 atom stereocenters. The molecule has 42 heavy (non-hydrogen) atoms. The number of nitrogens with zero attached hydrogens (tertiary/aromatic N) is 5. The van der Waals surface area contributed by atoms with Gasteiger partial charge in [0.15, 0.2) is 0 Å². The van der Waals surface area contributed by atoms with E-state index in [0.717, 1.165) is 57.5 Å². The van der Waals surface area contributed by atoms with Crippen molar-refractivity contribution in [1.29, 1.82) is 5.26 Å². The number of hydrogen-bond acceptors (Lipinski definition) is 9. The molecule has 0 spiro atoms. The molecule has 3 heterocycles. The Balaban J connectivity index is 1.51. The summed E-state index contributed by atoms with van der Waals surface area (Å²) >= 11 is 6.77. The third-order valence-corrected chi connectivity index (χ3v) is 8.09. The Bertz CT molecular complexity index is 1700. The lowest BCUT2D eigenvalue weighted by Gasteiger charge is -2.24. The van der Waals surface area contributed by atoms with E-state index in [1.807, 2.05) is 30.3 Å². The number of aromatic nitrogens is 3. The molecule has 0 saturated heterocycles. The van der Waals surface area contributed by atoms with E-state index in [9.17, 15) is 5.26 Å². The van der Waals surface area contributed by atoms with Crippen LogP contribution >= 0.6 is 11.6 Å². The molecule has 1 fully saturated rings. The minimum Gasteiger partial charge on any atom is -0.383 e. The van der Waals surface area contributed by atoms with Crippen LogP contribution in [0.25, 0.3) is 22.0 Å². The van der Waals surface area contributed by atoms with Gasteiger partial charge in [-0.05, 0) is 48.9 Å². The summed E-state index contributed by atoms with van der Waals surface area (Å²) in [6, 6.07) is 14.0. The fourth-order valence-corrected chi connectivity index (χ4v) is 5.30. The zero-order valence-corrected chi connectivity index (χ0v) is 24.9. The quantitative estimate of drug-likeness (QED) is 0.184. The maximum Gasteiger partial charge on any atom is 0.115 e. The number of nitrogens with one attached hydrogen (secondary N) is 4. The molecule has 0 amide bonds. The van der Waals surface area contributed by atoms with Gasteiger partial charge in [0.2, 0.25) is 0 Å². The molecular weight excluding hydrogens is 546 g/mol. The summed E-state index contributed by atoms with van der Waals surface area (Å²) in [5.74, 6) is 0. The largest absolute Gasteiger partial charge is 0.383 e. The fourth-order valence-electron chi connectivity index (χ4n) is 5.06. The van der Waals surface area contributed by atoms with Crippen LogP contribution < -0.4 is 21.6 Å². The molecule has 4 N–H and O–H groups in total. The highest BCUT2D eigenvalue weighted by Gasteiger charge is 2.44. The number of hydrogen-bond donors (Lipinski definition) is 4. The number of benzene rings is 2. The Morgan fingerprint density at radius 2 is 1.90 bits per heavy atom. The summed E-state index contributed by atoms with van der Waals surface area (Å²) in [6.45, 7) is 9.39. The number of hydrazine groups is 2. The first kappa shape index (κ1) is 27.8. The monoisotopic (exact) mass is 579 g/mol. The topological polar surface area (TPSA) is 114 Å². The zero-order chi connectivity index (χ0) is 29.5. The van der Waals surface area contributed by atoms with Crippen molar-refractivity contribution >= 4 is 33.9 Å². The van der Waals surface area contributed by atoms with Crippen LogP contribution in [0, 0.1) is 16.7 Å². The highest BCUT2D eigenvalue weighted by molar-refractivity contribution is 6.31. The smallest absolute Gasteiger partial charge is 0.115 e. The van der Waals surface area contributed by atoms with Crippen LogP contribution in [0.3, 0.4) is 0 Å². The van der Waals surface area contributed by atoms with Gasteiger partial charge in [0.25, 0.3) is 0 Å². The van der Waals surface area contributed by atoms with Gasteiger partial charge in [-0.15, -0.1) is 5.53 Å². The van der Waals surface area contributed by atoms with E-state index in [0.29, 0.717) is 17.1 Å². The second kappa shape index (κ2) is 10.8. The molecule has 10 heteroatoms. The number of halogens is 1. The first-order valence-corrected chi connectivity index (χ1v) is 14.4. The minimum atomic E-state index is -0.297. The Labute approximate surface area is 251 Å². The normalized spacial score (nSPS) is 16.4. The number of anilines is 2. The lowest BCUT2D eigenvalue weighted by Crippen LogP contribution is -2.43. The predicted octanol–water partition coefficient (Wildman–Crippen LogP) is 6.55. The molecule has 0 radical (unpaired) electrons. The van der Waals surface area contributed by atoms with Crippen LogP contribution in [0.15, 0.2) is 73.2 Å². The summed E-state index contributed by atoms with van der Waals surface area (Å²) in [7, 11) is 0. The van der Waals surface area contributed by atoms with E-state index in [-0.39, 0.29) is 17.0 Å². The molecule has 1 aliphatic carbocycles. The number of rotatable bonds is 8. The maximum atomic E-state index is 10.0. The molecule has 214 valence electrons. The van der Waals surface area contributed by atoms with Gasteiger partial charge in [0.1, 0.15) is 12.4 Å². The Morgan fingerprint density at radius 3 is 2.60 bits per heavy atom. The summed E-state index contributed by atoms with van der Waals surface area (Å²) in [5.41, 5.74) is 13.2. The third-order valence-electron chi connectivity index (χ3n) is 7.74. The van der Waals surface area contributed by atoms with Crippen LogP contribution in [0.2, 0.25) is 5.02 Å². The van der Waals surface area contributed by atoms with Crippen molar-refractivity contribution in [1.82, 2.24) is 30.9 Å². The highest BCUT2D eigenvalue weighted by Crippen LogP contribution is 2.43. The van der Waals surface area contributed by atoms with Crippen LogP contribution in [0.1, 0.15) is 57.7 Å². The lowest BCUT2D eigenvalue weighted by atomic mass is 9.95. The van der Waals surface area contributed by atoms with Crippen LogP contribution in [0.4, 0.5) is 11.4 Å². The average Bonchev–Trinajstić information content (AvgIpc) is 3.53. The molecule has 0 unspecified atom stereocenters. The molecule has 1 aliphatic heterocycles. The van der Waals surface area contributed by atoms with Crippen molar-refractivity contribution in [3.8, 4) is 17.2 Å². The number of pyridine rings is 1. The van der Waals surface area contributed by atoms with E-state index in [1.165, 1.54) is 6.33 Å². The standard InChI is InChI=1S/C32H34ClN9/c1-31(2,3)18-38-28-20(13-34)16-37-29-24(21-14-35-19-36-15-21)11-22(12-25(28)29)39-30(23-7-5-6-8-26(23)33)27-17-42(41-40-27)32(4)9-10-32/h5-8,11-12,14-17,19,30,39-41H,9-10,18H2,1-4H3,(H,37,38)/t30-/m0/s1. The second-order valence-corrected chi connectivity index (χ2v) is 12.8. The second-order valence-electron chi connectivity index (χ2n) is 12.4. The van der Waals surface area contributed by atoms with Crippen LogP contribution in [0.5, 0.6) is 0 Å². The SMILES string of the molecule is CC(C)(C)CNc1c(C#N)cnc2c(-c3cncnc3)cc(N[C@H](C3=CN(C4(C)CC4)NN3)c3ccccc3Cl)cc12. The number of nitriles is 1.